The zero-order valence-corrected chi connectivity index (χ0v) is 11.6. The monoisotopic (exact) mass is 288 g/mol. The molecule has 0 aliphatic heterocycles. The first-order valence-electron chi connectivity index (χ1n) is 5.50. The summed E-state index contributed by atoms with van der Waals surface area (Å²) in [7, 11) is 0. The topological polar surface area (TPSA) is 20.2 Å². The molecule has 1 aromatic rings. The van der Waals surface area contributed by atoms with Crippen LogP contribution in [0.15, 0.2) is 15.9 Å². The van der Waals surface area contributed by atoms with E-state index in [9.17, 15) is 5.11 Å². The fourth-order valence-electron chi connectivity index (χ4n) is 2.53. The number of rotatable bonds is 1. The average molecular weight is 289 g/mol. The van der Waals surface area contributed by atoms with E-state index in [1.807, 2.05) is 11.4 Å². The fourth-order valence-corrected chi connectivity index (χ4v) is 4.47. The van der Waals surface area contributed by atoms with Gasteiger partial charge in [0.15, 0.2) is 0 Å². The maximum Gasteiger partial charge on any atom is 0.103 e. The van der Waals surface area contributed by atoms with Gasteiger partial charge in [-0.15, -0.1) is 11.3 Å². The summed E-state index contributed by atoms with van der Waals surface area (Å²) in [4.78, 5) is 1.11. The Hall–Kier alpha value is 0.140. The molecule has 3 heteroatoms. The molecule has 1 nitrogen and oxygen atoms in total. The highest BCUT2D eigenvalue weighted by atomic mass is 79.9. The van der Waals surface area contributed by atoms with E-state index in [4.69, 9.17) is 0 Å². The van der Waals surface area contributed by atoms with Gasteiger partial charge < -0.3 is 5.11 Å². The maximum absolute atomic E-state index is 10.8. The van der Waals surface area contributed by atoms with E-state index >= 15 is 0 Å². The summed E-state index contributed by atoms with van der Waals surface area (Å²) in [5.41, 5.74) is -0.606. The van der Waals surface area contributed by atoms with E-state index in [1.165, 1.54) is 6.42 Å². The Bertz CT molecular complexity index is 349. The van der Waals surface area contributed by atoms with Crippen LogP contribution >= 0.6 is 27.3 Å². The molecule has 1 aliphatic rings. The van der Waals surface area contributed by atoms with Crippen molar-refractivity contribution in [2.45, 2.75) is 38.7 Å². The number of halogens is 1. The maximum atomic E-state index is 10.8. The van der Waals surface area contributed by atoms with Crippen LogP contribution in [0.5, 0.6) is 0 Å². The van der Waals surface area contributed by atoms with Gasteiger partial charge in [0.25, 0.3) is 0 Å². The van der Waals surface area contributed by atoms with Crippen molar-refractivity contribution in [2.24, 2.45) is 11.8 Å². The Kier molecular flexibility index (Phi) is 3.25. The van der Waals surface area contributed by atoms with Crippen molar-refractivity contribution in [2.75, 3.05) is 0 Å². The van der Waals surface area contributed by atoms with Gasteiger partial charge in [-0.25, -0.2) is 0 Å². The minimum absolute atomic E-state index is 0.364. The summed E-state index contributed by atoms with van der Waals surface area (Å²) in [5.74, 6) is 0.990. The molecule has 1 N–H and O–H groups in total. The van der Waals surface area contributed by atoms with Crippen LogP contribution in [0.4, 0.5) is 0 Å². The Balaban J connectivity index is 2.35. The van der Waals surface area contributed by atoms with E-state index in [2.05, 4.69) is 29.8 Å². The quantitative estimate of drug-likeness (QED) is 0.823. The summed E-state index contributed by atoms with van der Waals surface area (Å²) < 4.78 is 1.07. The highest BCUT2D eigenvalue weighted by molar-refractivity contribution is 9.10. The first-order chi connectivity index (χ1) is 7.04. The minimum Gasteiger partial charge on any atom is -0.384 e. The van der Waals surface area contributed by atoms with Crippen LogP contribution in [0.1, 0.15) is 38.0 Å². The number of aliphatic hydroxyl groups is 1. The highest BCUT2D eigenvalue weighted by Crippen LogP contribution is 2.47. The van der Waals surface area contributed by atoms with Gasteiger partial charge in [0.1, 0.15) is 5.60 Å². The molecule has 1 heterocycles. The van der Waals surface area contributed by atoms with Gasteiger partial charge in [0.05, 0.1) is 4.88 Å². The van der Waals surface area contributed by atoms with Crippen LogP contribution < -0.4 is 0 Å². The Morgan fingerprint density at radius 3 is 2.80 bits per heavy atom. The van der Waals surface area contributed by atoms with Gasteiger partial charge in [-0.2, -0.15) is 0 Å². The van der Waals surface area contributed by atoms with Gasteiger partial charge in [-0.05, 0) is 52.1 Å². The Morgan fingerprint density at radius 2 is 2.20 bits per heavy atom. The van der Waals surface area contributed by atoms with Crippen molar-refractivity contribution in [1.29, 1.82) is 0 Å². The fraction of sp³-hybridized carbons (Fsp3) is 0.667. The van der Waals surface area contributed by atoms with Crippen molar-refractivity contribution < 1.29 is 5.11 Å². The van der Waals surface area contributed by atoms with Crippen molar-refractivity contribution in [3.05, 3.63) is 20.8 Å². The third-order valence-corrected chi connectivity index (χ3v) is 5.58. The van der Waals surface area contributed by atoms with Crippen LogP contribution in [-0.4, -0.2) is 5.11 Å². The average Bonchev–Trinajstić information content (AvgIpc) is 2.59. The lowest BCUT2D eigenvalue weighted by atomic mass is 9.71. The smallest absolute Gasteiger partial charge is 0.103 e. The summed E-state index contributed by atoms with van der Waals surface area (Å²) in [6, 6.07) is 2.03. The molecule has 0 bridgehead atoms. The normalized spacial score (nSPS) is 36.8. The first-order valence-corrected chi connectivity index (χ1v) is 7.17. The standard InChI is InChI=1S/C12H17BrOS/c1-8-3-4-9(2)12(14,7-8)11-10(13)5-6-15-11/h5-6,8-9,14H,3-4,7H2,1-2H3. The zero-order chi connectivity index (χ0) is 11.1. The lowest BCUT2D eigenvalue weighted by molar-refractivity contribution is -0.0602. The van der Waals surface area contributed by atoms with Gasteiger partial charge >= 0.3 is 0 Å². The number of hydrogen-bond donors (Lipinski definition) is 1. The Labute approximate surface area is 104 Å². The molecule has 1 saturated carbocycles. The second-order valence-corrected chi connectivity index (χ2v) is 6.58. The third kappa shape index (κ3) is 2.02. The molecule has 0 spiro atoms. The third-order valence-electron chi connectivity index (χ3n) is 3.58. The molecule has 2 rings (SSSR count). The molecule has 15 heavy (non-hydrogen) atoms. The van der Waals surface area contributed by atoms with E-state index < -0.39 is 5.60 Å². The summed E-state index contributed by atoms with van der Waals surface area (Å²) >= 11 is 5.20. The minimum atomic E-state index is -0.606. The summed E-state index contributed by atoms with van der Waals surface area (Å²) in [6.07, 6.45) is 3.27. The molecular formula is C12H17BrOS. The SMILES string of the molecule is CC1CCC(C)C(O)(c2sccc2Br)C1. The van der Waals surface area contributed by atoms with Crippen molar-refractivity contribution in [3.8, 4) is 0 Å². The second kappa shape index (κ2) is 4.19. The molecule has 0 radical (unpaired) electrons. The van der Waals surface area contributed by atoms with Crippen molar-refractivity contribution in [1.82, 2.24) is 0 Å². The molecule has 84 valence electrons. The van der Waals surface area contributed by atoms with E-state index in [0.29, 0.717) is 11.8 Å². The van der Waals surface area contributed by atoms with Crippen LogP contribution in [0.2, 0.25) is 0 Å². The highest BCUT2D eigenvalue weighted by Gasteiger charge is 2.42. The molecule has 3 atom stereocenters. The van der Waals surface area contributed by atoms with Crippen LogP contribution in [0.25, 0.3) is 0 Å². The van der Waals surface area contributed by atoms with E-state index in [-0.39, 0.29) is 0 Å². The summed E-state index contributed by atoms with van der Waals surface area (Å²) in [5, 5.41) is 12.9. The first kappa shape index (κ1) is 11.6. The summed E-state index contributed by atoms with van der Waals surface area (Å²) in [6.45, 7) is 4.40. The number of thiophene rings is 1. The molecule has 1 aliphatic carbocycles. The molecule has 0 amide bonds. The van der Waals surface area contributed by atoms with Crippen LogP contribution in [0.3, 0.4) is 0 Å². The van der Waals surface area contributed by atoms with Gasteiger partial charge in [0, 0.05) is 4.47 Å². The molecule has 3 unspecified atom stereocenters. The second-order valence-electron chi connectivity index (χ2n) is 4.81. The molecule has 0 aromatic carbocycles. The Morgan fingerprint density at radius 1 is 1.47 bits per heavy atom. The largest absolute Gasteiger partial charge is 0.384 e. The molecule has 0 saturated heterocycles. The molecule has 1 aromatic heterocycles. The van der Waals surface area contributed by atoms with Gasteiger partial charge in [-0.1, -0.05) is 20.3 Å². The van der Waals surface area contributed by atoms with Crippen molar-refractivity contribution >= 4 is 27.3 Å². The molecule has 1 fully saturated rings. The van der Waals surface area contributed by atoms with E-state index in [1.54, 1.807) is 11.3 Å². The van der Waals surface area contributed by atoms with Crippen LogP contribution in [-0.2, 0) is 5.60 Å². The molecular weight excluding hydrogens is 272 g/mol. The van der Waals surface area contributed by atoms with Gasteiger partial charge in [-0.3, -0.25) is 0 Å². The van der Waals surface area contributed by atoms with E-state index in [0.717, 1.165) is 22.2 Å². The predicted octanol–water partition coefficient (Wildman–Crippen LogP) is 4.15. The lowest BCUT2D eigenvalue weighted by Gasteiger charge is -2.40. The number of hydrogen-bond acceptors (Lipinski definition) is 2. The van der Waals surface area contributed by atoms with Gasteiger partial charge in [0.2, 0.25) is 0 Å². The van der Waals surface area contributed by atoms with Crippen molar-refractivity contribution in [3.63, 3.8) is 0 Å². The van der Waals surface area contributed by atoms with Crippen LogP contribution in [0, 0.1) is 11.8 Å². The zero-order valence-electron chi connectivity index (χ0n) is 9.16. The lowest BCUT2D eigenvalue weighted by Crippen LogP contribution is -2.38. The predicted molar refractivity (Wildman–Crippen MR) is 68.1 cm³/mol.